The Hall–Kier alpha value is -11.0. The van der Waals surface area contributed by atoms with E-state index in [9.17, 15) is 0 Å². The van der Waals surface area contributed by atoms with Gasteiger partial charge in [-0.05, 0) is 268 Å². The van der Waals surface area contributed by atoms with Gasteiger partial charge in [-0.25, -0.2) is 44.9 Å². The van der Waals surface area contributed by atoms with Crippen molar-refractivity contribution in [1.29, 1.82) is 0 Å². The highest BCUT2D eigenvalue weighted by molar-refractivity contribution is 7.81. The lowest BCUT2D eigenvalue weighted by Crippen LogP contribution is -2.37. The number of benzene rings is 4. The summed E-state index contributed by atoms with van der Waals surface area (Å²) >= 11 is 40.6. The quantitative estimate of drug-likeness (QED) is 0.0293. The van der Waals surface area contributed by atoms with Gasteiger partial charge in [-0.1, -0.05) is 95.8 Å². The molecule has 33 heteroatoms. The van der Waals surface area contributed by atoms with Gasteiger partial charge in [0.25, 0.3) is 0 Å². The first kappa shape index (κ1) is 94.7. The topological polar surface area (TPSA) is 276 Å². The number of likely N-dealkylation sites (tertiary alicyclic amines) is 1. The molecule has 18 rings (SSSR count). The van der Waals surface area contributed by atoms with Crippen LogP contribution in [0, 0.1) is 47.5 Å². The largest absolute Gasteiger partial charge is 0.379 e. The smallest absolute Gasteiger partial charge is 0.227 e. The summed E-state index contributed by atoms with van der Waals surface area (Å²) in [5, 5.41) is 28.6. The predicted octanol–water partition coefficient (Wildman–Crippen LogP) is 19.8. The predicted molar refractivity (Wildman–Crippen MR) is 551 cm³/mol. The van der Waals surface area contributed by atoms with Crippen LogP contribution in [0.5, 0.6) is 0 Å². The Kier molecular flexibility index (Phi) is 31.5. The van der Waals surface area contributed by atoms with Crippen LogP contribution in [0.25, 0.3) is 45.0 Å². The summed E-state index contributed by atoms with van der Waals surface area (Å²) in [5.41, 5.74) is 28.1. The third kappa shape index (κ3) is 25.1. The molecule has 8 aromatic heterocycles. The van der Waals surface area contributed by atoms with Gasteiger partial charge in [-0.3, -0.25) is 19.9 Å². The molecule has 0 radical (unpaired) electrons. The first-order valence-corrected chi connectivity index (χ1v) is 46.9. The van der Waals surface area contributed by atoms with Crippen molar-refractivity contribution in [2.45, 2.75) is 112 Å². The van der Waals surface area contributed by atoms with Crippen LogP contribution in [0.2, 0.25) is 15.1 Å². The minimum atomic E-state index is 0.513. The van der Waals surface area contributed by atoms with E-state index in [1.807, 2.05) is 125 Å². The summed E-state index contributed by atoms with van der Waals surface area (Å²) in [6.07, 6.45) is 19.3. The van der Waals surface area contributed by atoms with E-state index >= 15 is 0 Å². The van der Waals surface area contributed by atoms with Crippen LogP contribution in [0.3, 0.4) is 0 Å². The van der Waals surface area contributed by atoms with E-state index in [0.717, 1.165) is 252 Å². The van der Waals surface area contributed by atoms with Crippen molar-refractivity contribution in [3.8, 4) is 45.0 Å². The molecule has 131 heavy (non-hydrogen) atoms. The van der Waals surface area contributed by atoms with Gasteiger partial charge < -0.3 is 66.9 Å². The number of aromatic nitrogens is 12. The van der Waals surface area contributed by atoms with Crippen molar-refractivity contribution in [3.05, 3.63) is 228 Å². The Morgan fingerprint density at radius 1 is 0.420 bits per heavy atom. The van der Waals surface area contributed by atoms with Gasteiger partial charge in [0.05, 0.1) is 101 Å². The van der Waals surface area contributed by atoms with Gasteiger partial charge in [0.15, 0.2) is 0 Å². The normalized spacial score (nSPS) is 14.5. The van der Waals surface area contributed by atoms with Gasteiger partial charge in [-0.15, -0.1) is 0 Å². The number of rotatable bonds is 22. The van der Waals surface area contributed by atoms with E-state index in [2.05, 4.69) is 191 Å². The molecule has 2 saturated heterocycles. The standard InChI is InChI=1S/C25H27ClN6S.C25H28N6OS.C24H28ClN7S.C24H27ClN6S/c1-15-21(6-4-19(28-15)11-16-7-9-32(2)10-8-16)30-25-27-14-17-12-23(33)29-22-13-18(26)3-5-20(22)24(17)31-25;1-16-3-4-20-22(11-16)28-23(33)13-19-15-27-25(30-24(19)20)29-21-12-18(14-26-17(21)2)5-6-31-7-9-32-10-8-31;1-15-19(8-9-21(27-15)32(4)11-5-10-31(2)3)29-24-26-14-16-12-22(33)28-20-13-17(25)6-7-18(20)23(16)30-24;1-14-16(6-5-9-31(3)4)10-20(15(2)27-14)29-24-26-13-17-11-22(32)28-21-12-18(25)7-8-19(21)23(17)30-24/h3-6,13-14,16H,7-12H2,1-2H3,(H,29,33)(H,27,30,31);3-4,11-12,14-15H,5-10,13H2,1-2H3,(H,28,33)(H,27,29,30);6-9,13-14H,5,10-12H2,1-4H3,(H,28,33)(H,26,29,30);7-8,10,12-13H,5-6,9,11H2,1-4H3,(H,28,32)(H,26,29,30). The number of morpholine rings is 1. The Balaban J connectivity index is 0.000000134. The molecular weight excluding hydrogens is 1780 g/mol. The lowest BCUT2D eigenvalue weighted by Gasteiger charge is -2.28. The summed E-state index contributed by atoms with van der Waals surface area (Å²) in [4.78, 5) is 71.0. The number of ether oxygens (including phenoxy) is 1. The number of hydrogen-bond acceptors (Lipinski definition) is 26. The minimum Gasteiger partial charge on any atom is -0.379 e. The van der Waals surface area contributed by atoms with Crippen LogP contribution in [0.1, 0.15) is 98.8 Å². The number of fused-ring (bicyclic) bond motifs is 12. The van der Waals surface area contributed by atoms with Crippen LogP contribution in [-0.4, -0.2) is 207 Å². The van der Waals surface area contributed by atoms with Crippen molar-refractivity contribution in [2.75, 3.05) is 155 Å². The molecule has 0 aliphatic carbocycles. The monoisotopic (exact) mass is 1890 g/mol. The molecule has 2 fully saturated rings. The van der Waals surface area contributed by atoms with Gasteiger partial charge in [0, 0.05) is 184 Å². The molecule has 14 heterocycles. The number of nitrogens with zero attached hydrogens (tertiary/aromatic N) is 17. The number of anilines is 13. The Labute approximate surface area is 803 Å². The van der Waals surface area contributed by atoms with Crippen LogP contribution < -0.4 is 47.4 Å². The fraction of sp³-hybridized carbons (Fsp3) is 0.347. The minimum absolute atomic E-state index is 0.513. The Bertz CT molecular complexity index is 6250. The summed E-state index contributed by atoms with van der Waals surface area (Å²) < 4.78 is 5.44. The maximum Gasteiger partial charge on any atom is 0.227 e. The average Bonchev–Trinajstić information content (AvgIpc) is 1.72. The lowest BCUT2D eigenvalue weighted by molar-refractivity contribution is 0.0384. The number of piperidine rings is 1. The summed E-state index contributed by atoms with van der Waals surface area (Å²) in [5.74, 6) is 3.81. The zero-order chi connectivity index (χ0) is 92.1. The number of aryl methyl sites for hydroxylation is 7. The fourth-order valence-electron chi connectivity index (χ4n) is 16.5. The number of hydrogen-bond donors (Lipinski definition) is 8. The van der Waals surface area contributed by atoms with Crippen molar-refractivity contribution in [2.24, 2.45) is 5.92 Å². The first-order valence-electron chi connectivity index (χ1n) is 44.2. The van der Waals surface area contributed by atoms with Crippen LogP contribution in [0.15, 0.2) is 140 Å². The van der Waals surface area contributed by atoms with Crippen molar-refractivity contribution in [1.82, 2.24) is 79.4 Å². The van der Waals surface area contributed by atoms with Crippen molar-refractivity contribution in [3.63, 3.8) is 0 Å². The Morgan fingerprint density at radius 3 is 1.31 bits per heavy atom. The van der Waals surface area contributed by atoms with E-state index in [1.165, 1.54) is 42.6 Å². The second-order valence-electron chi connectivity index (χ2n) is 34.5. The maximum atomic E-state index is 6.20. The molecule has 12 aromatic rings. The van der Waals surface area contributed by atoms with Gasteiger partial charge in [-0.2, -0.15) is 0 Å². The molecule has 678 valence electrons. The Morgan fingerprint density at radius 2 is 0.847 bits per heavy atom. The van der Waals surface area contributed by atoms with E-state index < -0.39 is 0 Å². The number of nitrogens with one attached hydrogen (secondary N) is 8. The number of halogens is 3. The molecule has 0 unspecified atom stereocenters. The zero-order valence-corrected chi connectivity index (χ0v) is 81.5. The van der Waals surface area contributed by atoms with Crippen LogP contribution >= 0.6 is 83.7 Å². The molecule has 0 saturated carbocycles. The fourth-order valence-corrected chi connectivity index (χ4v) is 18.0. The van der Waals surface area contributed by atoms with Crippen LogP contribution in [0.4, 0.5) is 75.1 Å². The second-order valence-corrected chi connectivity index (χ2v) is 37.8. The van der Waals surface area contributed by atoms with Gasteiger partial charge in [0.2, 0.25) is 23.8 Å². The molecule has 26 nitrogen and oxygen atoms in total. The molecule has 0 spiro atoms. The molecule has 6 aliphatic rings. The highest BCUT2D eigenvalue weighted by atomic mass is 35.5. The van der Waals surface area contributed by atoms with Crippen LogP contribution in [-0.2, 0) is 49.7 Å². The van der Waals surface area contributed by atoms with E-state index in [4.69, 9.17) is 123 Å². The van der Waals surface area contributed by atoms with Gasteiger partial charge >= 0.3 is 0 Å². The molecule has 6 aliphatic heterocycles. The van der Waals surface area contributed by atoms with E-state index in [1.54, 1.807) is 0 Å². The van der Waals surface area contributed by atoms with Crippen molar-refractivity contribution < 1.29 is 4.74 Å². The SMILES string of the molecule is Cc1ccc2c(c1)NC(=S)Cc1cnc(Nc3cc(CCN4CCOCC4)cnc3C)nc1-2.Cc1nc(C)c(Nc2ncc3c(n2)-c2ccc(Cl)cc2NC(=S)C3)cc1CCCN(C)C.Cc1nc(CC2CCN(C)CC2)ccc1Nc1ncc2c(n1)-c1ccc(Cl)cc1NC(=S)C2.Cc1nc(N(C)CCCN(C)C)ccc1Nc1ncc2c(n1)-c1ccc(Cl)cc1NC(=S)C2. The van der Waals surface area contributed by atoms with Crippen molar-refractivity contribution >= 4 is 179 Å². The molecule has 4 aromatic carbocycles. The van der Waals surface area contributed by atoms with E-state index in [0.29, 0.717) is 75.5 Å². The zero-order valence-electron chi connectivity index (χ0n) is 76.0. The highest BCUT2D eigenvalue weighted by Crippen LogP contribution is 2.41. The third-order valence-electron chi connectivity index (χ3n) is 23.6. The average molecular weight is 1890 g/mol. The van der Waals surface area contributed by atoms with E-state index in [-0.39, 0.29) is 0 Å². The highest BCUT2D eigenvalue weighted by Gasteiger charge is 2.28. The molecule has 0 amide bonds. The second kappa shape index (κ2) is 43.6. The molecular formula is C98H110Cl3N25OS4. The molecule has 0 atom stereocenters. The molecule has 0 bridgehead atoms. The number of pyridine rings is 4. The molecule has 8 N–H and O–H groups in total. The lowest BCUT2D eigenvalue weighted by atomic mass is 9.92. The first-order chi connectivity index (χ1) is 63.1. The summed E-state index contributed by atoms with van der Waals surface area (Å²) in [6.45, 7) is 22.2. The van der Waals surface area contributed by atoms with Gasteiger partial charge in [0.1, 0.15) is 5.82 Å². The number of thiocarbonyl (C=S) groups is 4. The summed E-state index contributed by atoms with van der Waals surface area (Å²) in [7, 11) is 12.6. The maximum absolute atomic E-state index is 6.20. The summed E-state index contributed by atoms with van der Waals surface area (Å²) in [6, 6.07) is 36.0. The third-order valence-corrected chi connectivity index (χ3v) is 25.3.